The van der Waals surface area contributed by atoms with Gasteiger partial charge in [0.05, 0.1) is 17.5 Å². The highest BCUT2D eigenvalue weighted by atomic mass is 19.2. The van der Waals surface area contributed by atoms with E-state index in [-0.39, 0.29) is 17.2 Å². The summed E-state index contributed by atoms with van der Waals surface area (Å²) in [5.74, 6) is -8.78. The summed E-state index contributed by atoms with van der Waals surface area (Å²) in [5.41, 5.74) is -4.31. The van der Waals surface area contributed by atoms with Gasteiger partial charge in [-0.2, -0.15) is 0 Å². The Hall–Kier alpha value is -3.17. The van der Waals surface area contributed by atoms with Crippen LogP contribution in [0.5, 0.6) is 0 Å². The number of carboxylic acid groups (broad SMARTS) is 1. The number of hydrogen-bond acceptors (Lipinski definition) is 4. The summed E-state index contributed by atoms with van der Waals surface area (Å²) in [4.78, 5) is 35.2. The van der Waals surface area contributed by atoms with E-state index >= 15 is 0 Å². The number of esters is 1. The van der Waals surface area contributed by atoms with E-state index < -0.39 is 63.3 Å². The number of benzene rings is 1. The Kier molecular flexibility index (Phi) is 4.91. The van der Waals surface area contributed by atoms with E-state index in [1.165, 1.54) is 6.92 Å². The molecule has 0 saturated heterocycles. The van der Waals surface area contributed by atoms with E-state index in [9.17, 15) is 31.9 Å². The lowest BCUT2D eigenvalue weighted by molar-refractivity contribution is -0.130. The number of carbonyl (C=O) groups excluding carboxylic acids is 1. The first-order valence-corrected chi connectivity index (χ1v) is 6.68. The SMILES string of the molecule is CCOC(=O)c1cn(/C(=C\F)C(=O)O)c2c(F)c(F)c(F)cc2c1=O. The van der Waals surface area contributed by atoms with Gasteiger partial charge in [-0.25, -0.2) is 27.2 Å². The van der Waals surface area contributed by atoms with Crippen LogP contribution < -0.4 is 5.43 Å². The molecular formula is C15H9F4NO5. The molecule has 0 radical (unpaired) electrons. The molecule has 10 heteroatoms. The molecule has 0 aliphatic carbocycles. The van der Waals surface area contributed by atoms with Crippen molar-refractivity contribution in [3.05, 3.63) is 51.8 Å². The zero-order valence-electron chi connectivity index (χ0n) is 12.5. The molecule has 0 aliphatic rings. The van der Waals surface area contributed by atoms with Gasteiger partial charge in [0, 0.05) is 6.20 Å². The largest absolute Gasteiger partial charge is 0.476 e. The molecule has 0 spiro atoms. The van der Waals surface area contributed by atoms with Crippen LogP contribution in [0.1, 0.15) is 17.3 Å². The fourth-order valence-electron chi connectivity index (χ4n) is 2.14. The maximum absolute atomic E-state index is 14.1. The second-order valence-electron chi connectivity index (χ2n) is 4.64. The van der Waals surface area contributed by atoms with Crippen molar-refractivity contribution in [2.24, 2.45) is 0 Å². The molecule has 2 rings (SSSR count). The van der Waals surface area contributed by atoms with E-state index in [0.29, 0.717) is 6.20 Å². The van der Waals surface area contributed by atoms with E-state index in [2.05, 4.69) is 4.74 Å². The molecule has 132 valence electrons. The molecule has 0 unspecified atom stereocenters. The van der Waals surface area contributed by atoms with Gasteiger partial charge in [0.15, 0.2) is 23.1 Å². The number of nitrogens with zero attached hydrogens (tertiary/aromatic N) is 1. The third-order valence-corrected chi connectivity index (χ3v) is 3.20. The number of rotatable bonds is 4. The summed E-state index contributed by atoms with van der Waals surface area (Å²) in [7, 11) is 0. The Morgan fingerprint density at radius 1 is 1.28 bits per heavy atom. The normalized spacial score (nSPS) is 11.6. The molecule has 25 heavy (non-hydrogen) atoms. The maximum atomic E-state index is 14.1. The summed E-state index contributed by atoms with van der Waals surface area (Å²) in [5, 5.41) is 8.13. The van der Waals surface area contributed by atoms with E-state index in [0.717, 1.165) is 0 Å². The van der Waals surface area contributed by atoms with Crippen molar-refractivity contribution in [2.75, 3.05) is 6.61 Å². The lowest BCUT2D eigenvalue weighted by atomic mass is 10.1. The Balaban J connectivity index is 3.06. The minimum absolute atomic E-state index is 0.160. The zero-order valence-corrected chi connectivity index (χ0v) is 12.5. The number of fused-ring (bicyclic) bond motifs is 1. The summed E-state index contributed by atoms with van der Waals surface area (Å²) in [6, 6.07) is 0.285. The predicted molar refractivity (Wildman–Crippen MR) is 77.1 cm³/mol. The van der Waals surface area contributed by atoms with Crippen LogP contribution in [0.25, 0.3) is 16.6 Å². The van der Waals surface area contributed by atoms with Crippen molar-refractivity contribution in [3.8, 4) is 0 Å². The molecule has 0 bridgehead atoms. The van der Waals surface area contributed by atoms with Crippen LogP contribution in [0, 0.1) is 17.5 Å². The molecule has 1 heterocycles. The highest BCUT2D eigenvalue weighted by molar-refractivity contribution is 6.10. The van der Waals surface area contributed by atoms with Gasteiger partial charge >= 0.3 is 11.9 Å². The topological polar surface area (TPSA) is 85.6 Å². The van der Waals surface area contributed by atoms with Gasteiger partial charge < -0.3 is 14.4 Å². The molecule has 0 atom stereocenters. The van der Waals surface area contributed by atoms with E-state index in [1.54, 1.807) is 0 Å². The van der Waals surface area contributed by atoms with Crippen molar-refractivity contribution < 1.29 is 37.0 Å². The van der Waals surface area contributed by atoms with Gasteiger partial charge in [0.25, 0.3) is 0 Å². The molecule has 1 N–H and O–H groups in total. The number of ether oxygens (including phenoxy) is 1. The first kappa shape index (κ1) is 18.2. The van der Waals surface area contributed by atoms with Crippen LogP contribution in [0.2, 0.25) is 0 Å². The van der Waals surface area contributed by atoms with Crippen molar-refractivity contribution in [1.82, 2.24) is 4.57 Å². The van der Waals surface area contributed by atoms with Gasteiger partial charge in [-0.05, 0) is 13.0 Å². The number of aliphatic carboxylic acids is 1. The van der Waals surface area contributed by atoms with Gasteiger partial charge in [-0.1, -0.05) is 0 Å². The highest BCUT2D eigenvalue weighted by Gasteiger charge is 2.25. The maximum Gasteiger partial charge on any atom is 0.355 e. The Morgan fingerprint density at radius 3 is 2.44 bits per heavy atom. The standard InChI is InChI=1S/C15H9F4NO5/c1-2-25-15(24)7-5-20(9(4-16)14(22)23)12-6(13(7)21)3-8(17)10(18)11(12)19/h3-5H,2H2,1H3,(H,22,23)/b9-4-. The van der Waals surface area contributed by atoms with Gasteiger partial charge in [0.2, 0.25) is 5.43 Å². The summed E-state index contributed by atoms with van der Waals surface area (Å²) in [6.07, 6.45) is 0.0322. The van der Waals surface area contributed by atoms with Crippen molar-refractivity contribution in [1.29, 1.82) is 0 Å². The first-order chi connectivity index (χ1) is 11.7. The lowest BCUT2D eigenvalue weighted by Gasteiger charge is -2.14. The molecule has 1 aromatic carbocycles. The van der Waals surface area contributed by atoms with Crippen LogP contribution >= 0.6 is 0 Å². The molecule has 0 amide bonds. The van der Waals surface area contributed by atoms with Gasteiger partial charge in [0.1, 0.15) is 11.9 Å². The summed E-state index contributed by atoms with van der Waals surface area (Å²) in [6.45, 7) is 1.25. The Morgan fingerprint density at radius 2 is 1.92 bits per heavy atom. The van der Waals surface area contributed by atoms with E-state index in [4.69, 9.17) is 5.11 Å². The third kappa shape index (κ3) is 2.97. The summed E-state index contributed by atoms with van der Waals surface area (Å²) < 4.78 is 58.9. The smallest absolute Gasteiger partial charge is 0.355 e. The minimum atomic E-state index is -1.99. The lowest BCUT2D eigenvalue weighted by Crippen LogP contribution is -2.23. The van der Waals surface area contributed by atoms with Gasteiger partial charge in [-0.15, -0.1) is 0 Å². The van der Waals surface area contributed by atoms with Crippen LogP contribution in [0.15, 0.2) is 23.4 Å². The quantitative estimate of drug-likeness (QED) is 0.392. The average Bonchev–Trinajstić information content (AvgIpc) is 2.55. The van der Waals surface area contributed by atoms with Crippen LogP contribution in [0.4, 0.5) is 17.6 Å². The number of halogens is 4. The fraction of sp³-hybridized carbons (Fsp3) is 0.133. The summed E-state index contributed by atoms with van der Waals surface area (Å²) >= 11 is 0. The number of carbonyl (C=O) groups is 2. The Labute approximate surface area is 136 Å². The molecule has 1 aromatic heterocycles. The Bertz CT molecular complexity index is 980. The molecule has 6 nitrogen and oxygen atoms in total. The monoisotopic (exact) mass is 359 g/mol. The molecule has 2 aromatic rings. The third-order valence-electron chi connectivity index (χ3n) is 3.20. The molecule has 0 saturated carbocycles. The van der Waals surface area contributed by atoms with Crippen LogP contribution in [-0.4, -0.2) is 28.2 Å². The minimum Gasteiger partial charge on any atom is -0.476 e. The van der Waals surface area contributed by atoms with Crippen molar-refractivity contribution >= 4 is 28.5 Å². The number of aromatic nitrogens is 1. The molecular weight excluding hydrogens is 350 g/mol. The van der Waals surface area contributed by atoms with Crippen LogP contribution in [-0.2, 0) is 9.53 Å². The highest BCUT2D eigenvalue weighted by Crippen LogP contribution is 2.24. The predicted octanol–water partition coefficient (Wildman–Crippen LogP) is 2.45. The number of pyridine rings is 1. The second-order valence-corrected chi connectivity index (χ2v) is 4.64. The first-order valence-electron chi connectivity index (χ1n) is 6.68. The fourth-order valence-corrected chi connectivity index (χ4v) is 2.14. The molecule has 0 aliphatic heterocycles. The van der Waals surface area contributed by atoms with Crippen molar-refractivity contribution in [3.63, 3.8) is 0 Å². The number of hydrogen-bond donors (Lipinski definition) is 1. The second kappa shape index (κ2) is 6.75. The molecule has 0 fully saturated rings. The average molecular weight is 359 g/mol. The van der Waals surface area contributed by atoms with Gasteiger partial charge in [-0.3, -0.25) is 4.79 Å². The van der Waals surface area contributed by atoms with Crippen molar-refractivity contribution in [2.45, 2.75) is 6.92 Å². The van der Waals surface area contributed by atoms with Crippen LogP contribution in [0.3, 0.4) is 0 Å². The zero-order chi connectivity index (χ0) is 18.9. The van der Waals surface area contributed by atoms with E-state index in [1.807, 2.05) is 0 Å². The number of carboxylic acids is 1.